The summed E-state index contributed by atoms with van der Waals surface area (Å²) in [4.78, 5) is 2.63. The largest absolute Gasteiger partial charge is 0.389 e. The summed E-state index contributed by atoms with van der Waals surface area (Å²) in [6.07, 6.45) is 4.41. The van der Waals surface area contributed by atoms with Crippen molar-refractivity contribution in [1.82, 2.24) is 4.90 Å². The third-order valence-corrected chi connectivity index (χ3v) is 11.9. The molecule has 0 aromatic rings. The van der Waals surface area contributed by atoms with Gasteiger partial charge in [0.25, 0.3) is 0 Å². The molecule has 7 rings (SSSR count). The van der Waals surface area contributed by atoms with Crippen LogP contribution in [-0.2, 0) is 23.7 Å². The highest BCUT2D eigenvalue weighted by Gasteiger charge is 2.94. The van der Waals surface area contributed by atoms with Crippen LogP contribution in [0.25, 0.3) is 0 Å². The fourth-order valence-corrected chi connectivity index (χ4v) is 11.3. The number of hydrogen-bond donors (Lipinski definition) is 1. The number of likely N-dealkylation sites (N-methyl/N-ethyl adjacent to an activating group) is 1. The lowest BCUT2D eigenvalue weighted by molar-refractivity contribution is -0.332. The maximum atomic E-state index is 13.2. The Morgan fingerprint density at radius 2 is 1.81 bits per heavy atom. The van der Waals surface area contributed by atoms with E-state index in [0.29, 0.717) is 12.3 Å². The second-order valence-corrected chi connectivity index (χ2v) is 12.2. The van der Waals surface area contributed by atoms with Crippen LogP contribution in [0.4, 0.5) is 0 Å². The summed E-state index contributed by atoms with van der Waals surface area (Å²) < 4.78 is 32.2. The summed E-state index contributed by atoms with van der Waals surface area (Å²) >= 11 is 0. The minimum absolute atomic E-state index is 0.00403. The fraction of sp³-hybridized carbons (Fsp3) is 1.00. The molecule has 7 heteroatoms. The fourth-order valence-electron chi connectivity index (χ4n) is 11.3. The molecule has 32 heavy (non-hydrogen) atoms. The number of fused-ring (bicyclic) bond motifs is 1. The number of likely N-dealkylation sites (tertiary alicyclic amines) is 1. The van der Waals surface area contributed by atoms with E-state index in [1.807, 2.05) is 7.11 Å². The standard InChI is InChI=1S/C25H39NO6/c1-6-26-12-21(2)8-7-17(29-4)25-16(21)11-24(20(25)26)23(31-13-32-24)10-15(28-3)14-9-22(25,27)19(23)18(14)30-5/h14-20,27H,6-13H2,1-5H3/t14-,15+,16-,17+,18+,19+,20-,21+,22+,23-,24-,25+/m1/s1. The summed E-state index contributed by atoms with van der Waals surface area (Å²) in [6.45, 7) is 7.01. The van der Waals surface area contributed by atoms with Crippen molar-refractivity contribution >= 4 is 0 Å². The molecule has 2 saturated heterocycles. The monoisotopic (exact) mass is 449 g/mol. The first kappa shape index (κ1) is 21.0. The molecule has 7 nitrogen and oxygen atoms in total. The number of hydrogen-bond acceptors (Lipinski definition) is 7. The third kappa shape index (κ3) is 1.77. The van der Waals surface area contributed by atoms with Gasteiger partial charge in [-0.3, -0.25) is 4.90 Å². The molecule has 0 aromatic carbocycles. The Kier molecular flexibility index (Phi) is 4.01. The van der Waals surface area contributed by atoms with E-state index in [1.165, 1.54) is 0 Å². The Labute approximate surface area is 191 Å². The van der Waals surface area contributed by atoms with Crippen molar-refractivity contribution in [3.8, 4) is 0 Å². The minimum Gasteiger partial charge on any atom is -0.389 e. The van der Waals surface area contributed by atoms with E-state index in [-0.39, 0.29) is 53.8 Å². The lowest BCUT2D eigenvalue weighted by Crippen LogP contribution is -2.85. The first-order valence-electron chi connectivity index (χ1n) is 12.7. The number of rotatable bonds is 4. The van der Waals surface area contributed by atoms with Crippen LogP contribution in [0.3, 0.4) is 0 Å². The average Bonchev–Trinajstić information content (AvgIpc) is 3.34. The van der Waals surface area contributed by atoms with Gasteiger partial charge in [-0.1, -0.05) is 13.8 Å². The molecule has 7 fully saturated rings. The average molecular weight is 450 g/mol. The van der Waals surface area contributed by atoms with Crippen LogP contribution >= 0.6 is 0 Å². The summed E-state index contributed by atoms with van der Waals surface area (Å²) in [6, 6.07) is 0.0823. The Morgan fingerprint density at radius 1 is 1.03 bits per heavy atom. The van der Waals surface area contributed by atoms with Gasteiger partial charge < -0.3 is 28.8 Å². The van der Waals surface area contributed by atoms with E-state index < -0.39 is 16.8 Å². The molecule has 7 bridgehead atoms. The van der Waals surface area contributed by atoms with Crippen LogP contribution in [0.1, 0.15) is 46.0 Å². The van der Waals surface area contributed by atoms with Crippen molar-refractivity contribution in [3.63, 3.8) is 0 Å². The summed E-state index contributed by atoms with van der Waals surface area (Å²) in [7, 11) is 5.44. The van der Waals surface area contributed by atoms with Gasteiger partial charge in [0.05, 0.1) is 30.0 Å². The molecular formula is C25H39NO6. The predicted molar refractivity (Wildman–Crippen MR) is 115 cm³/mol. The summed E-state index contributed by atoms with van der Waals surface area (Å²) in [5.41, 5.74) is -2.26. The van der Waals surface area contributed by atoms with Crippen molar-refractivity contribution in [2.75, 3.05) is 41.2 Å². The number of ether oxygens (including phenoxy) is 5. The molecule has 180 valence electrons. The van der Waals surface area contributed by atoms with Crippen molar-refractivity contribution in [2.24, 2.45) is 28.6 Å². The summed E-state index contributed by atoms with van der Waals surface area (Å²) in [5.74, 6) is 0.368. The summed E-state index contributed by atoms with van der Waals surface area (Å²) in [5, 5.41) is 13.2. The zero-order valence-electron chi connectivity index (χ0n) is 20.1. The van der Waals surface area contributed by atoms with E-state index in [1.54, 1.807) is 14.2 Å². The smallest absolute Gasteiger partial charge is 0.148 e. The van der Waals surface area contributed by atoms with E-state index in [0.717, 1.165) is 38.8 Å². The van der Waals surface area contributed by atoms with Gasteiger partial charge in [0, 0.05) is 51.5 Å². The van der Waals surface area contributed by atoms with Crippen molar-refractivity contribution in [2.45, 2.75) is 87.1 Å². The van der Waals surface area contributed by atoms with Gasteiger partial charge in [-0.2, -0.15) is 0 Å². The first-order valence-corrected chi connectivity index (χ1v) is 12.7. The van der Waals surface area contributed by atoms with Gasteiger partial charge >= 0.3 is 0 Å². The van der Waals surface area contributed by atoms with E-state index in [2.05, 4.69) is 18.7 Å². The van der Waals surface area contributed by atoms with E-state index in [4.69, 9.17) is 23.7 Å². The zero-order valence-corrected chi connectivity index (χ0v) is 20.1. The molecule has 0 unspecified atom stereocenters. The number of piperidine rings is 1. The zero-order chi connectivity index (χ0) is 22.3. The predicted octanol–water partition coefficient (Wildman–Crippen LogP) is 1.81. The Hall–Kier alpha value is -0.280. The third-order valence-electron chi connectivity index (χ3n) is 11.9. The van der Waals surface area contributed by atoms with Crippen LogP contribution in [0.2, 0.25) is 0 Å². The molecule has 0 radical (unpaired) electrons. The van der Waals surface area contributed by atoms with Crippen molar-refractivity contribution in [3.05, 3.63) is 0 Å². The van der Waals surface area contributed by atoms with Crippen molar-refractivity contribution in [1.29, 1.82) is 0 Å². The van der Waals surface area contributed by atoms with Crippen LogP contribution < -0.4 is 0 Å². The van der Waals surface area contributed by atoms with E-state index in [9.17, 15) is 5.11 Å². The molecule has 12 atom stereocenters. The highest BCUT2D eigenvalue weighted by atomic mass is 16.7. The highest BCUT2D eigenvalue weighted by Crippen LogP contribution is 2.83. The van der Waals surface area contributed by atoms with Gasteiger partial charge in [-0.15, -0.1) is 0 Å². The minimum atomic E-state index is -0.940. The van der Waals surface area contributed by atoms with Crippen LogP contribution in [0.15, 0.2) is 0 Å². The van der Waals surface area contributed by atoms with Gasteiger partial charge in [-0.25, -0.2) is 0 Å². The highest BCUT2D eigenvalue weighted by molar-refractivity contribution is 5.44. The topological polar surface area (TPSA) is 69.6 Å². The molecule has 3 spiro atoms. The molecule has 5 saturated carbocycles. The second kappa shape index (κ2) is 6.10. The maximum Gasteiger partial charge on any atom is 0.148 e. The van der Waals surface area contributed by atoms with Crippen LogP contribution in [-0.4, -0.2) is 92.4 Å². The normalized spacial score (nSPS) is 64.1. The molecule has 0 amide bonds. The lowest BCUT2D eigenvalue weighted by Gasteiger charge is -2.72. The maximum absolute atomic E-state index is 13.2. The van der Waals surface area contributed by atoms with Crippen molar-refractivity contribution < 1.29 is 28.8 Å². The first-order chi connectivity index (χ1) is 15.3. The van der Waals surface area contributed by atoms with Crippen LogP contribution in [0.5, 0.6) is 0 Å². The molecule has 0 aromatic heterocycles. The van der Waals surface area contributed by atoms with E-state index >= 15 is 0 Å². The molecule has 5 aliphatic carbocycles. The van der Waals surface area contributed by atoms with Gasteiger partial charge in [0.1, 0.15) is 18.0 Å². The molecule has 2 heterocycles. The van der Waals surface area contributed by atoms with Gasteiger partial charge in [-0.05, 0) is 43.6 Å². The Morgan fingerprint density at radius 3 is 2.50 bits per heavy atom. The lowest BCUT2D eigenvalue weighted by atomic mass is 9.41. The van der Waals surface area contributed by atoms with Gasteiger partial charge in [0.15, 0.2) is 0 Å². The Bertz CT molecular complexity index is 841. The SMILES string of the molecule is CCN1C[C@]2(C)CC[C@H](OC)[C@]34[C@@H]2C[C@@]2(OCO[C@@]25C[C@H](OC)[C@H]2C[C@]3(O)[C@@H]5[C@H]2OC)[C@@H]14. The van der Waals surface area contributed by atoms with Gasteiger partial charge in [0.2, 0.25) is 0 Å². The number of methoxy groups -OCH3 is 3. The number of aliphatic hydroxyl groups is 1. The molecule has 7 aliphatic rings. The van der Waals surface area contributed by atoms with Crippen LogP contribution in [0, 0.1) is 28.6 Å². The number of nitrogens with zero attached hydrogens (tertiary/aromatic N) is 1. The molecular weight excluding hydrogens is 410 g/mol. The second-order valence-electron chi connectivity index (χ2n) is 12.2. The molecule has 2 aliphatic heterocycles. The quantitative estimate of drug-likeness (QED) is 0.702. The molecule has 1 N–H and O–H groups in total. The Balaban J connectivity index is 1.57.